The minimum atomic E-state index is -0.302. The van der Waals surface area contributed by atoms with Gasteiger partial charge in [0, 0.05) is 18.9 Å². The molecule has 2 unspecified atom stereocenters. The molecule has 0 amide bonds. The molecule has 3 rings (SSSR count). The number of aliphatic hydroxyl groups excluding tert-OH is 1. The molecular formula is C14H21N5O. The second-order valence-electron chi connectivity index (χ2n) is 5.27. The lowest BCUT2D eigenvalue weighted by Crippen LogP contribution is -2.36. The van der Waals surface area contributed by atoms with Gasteiger partial charge < -0.3 is 20.1 Å². The van der Waals surface area contributed by atoms with Crippen LogP contribution in [0.4, 0.5) is 11.6 Å². The maximum absolute atomic E-state index is 10.1. The summed E-state index contributed by atoms with van der Waals surface area (Å²) in [6.45, 7) is 2.86. The van der Waals surface area contributed by atoms with E-state index in [0.717, 1.165) is 49.5 Å². The molecule has 2 atom stereocenters. The molecule has 3 N–H and O–H groups in total. The molecule has 1 fully saturated rings. The minimum absolute atomic E-state index is 0.0635. The first kappa shape index (κ1) is 13.2. The summed E-state index contributed by atoms with van der Waals surface area (Å²) in [7, 11) is 0. The number of hydrogen-bond acceptors (Lipinski definition) is 5. The third-order valence-electron chi connectivity index (χ3n) is 3.78. The van der Waals surface area contributed by atoms with Crippen molar-refractivity contribution in [2.24, 2.45) is 0 Å². The Bertz CT molecular complexity index is 582. The molecule has 0 spiro atoms. The molecule has 0 aromatic carbocycles. The monoisotopic (exact) mass is 275 g/mol. The smallest absolute Gasteiger partial charge is 0.180 e. The van der Waals surface area contributed by atoms with E-state index in [1.165, 1.54) is 0 Å². The number of nitrogens with one attached hydrogen (secondary N) is 2. The average Bonchev–Trinajstić information content (AvgIpc) is 2.90. The van der Waals surface area contributed by atoms with Crippen LogP contribution in [0, 0.1) is 0 Å². The first-order valence-electron chi connectivity index (χ1n) is 7.30. The highest BCUT2D eigenvalue weighted by atomic mass is 16.3. The Balaban J connectivity index is 1.90. The van der Waals surface area contributed by atoms with Crippen molar-refractivity contribution >= 4 is 17.3 Å². The summed E-state index contributed by atoms with van der Waals surface area (Å²) >= 11 is 0. The number of fused-ring (bicyclic) bond motifs is 1. The maximum atomic E-state index is 10.1. The zero-order valence-corrected chi connectivity index (χ0v) is 11.7. The fourth-order valence-corrected chi connectivity index (χ4v) is 2.75. The molecule has 108 valence electrons. The van der Waals surface area contributed by atoms with Crippen molar-refractivity contribution in [1.82, 2.24) is 14.4 Å². The predicted molar refractivity (Wildman–Crippen MR) is 79.0 cm³/mol. The average molecular weight is 275 g/mol. The van der Waals surface area contributed by atoms with Gasteiger partial charge in [-0.05, 0) is 19.8 Å². The number of nitrogens with zero attached hydrogens (tertiary/aromatic N) is 3. The molecule has 0 saturated heterocycles. The van der Waals surface area contributed by atoms with E-state index in [1.54, 1.807) is 6.20 Å². The van der Waals surface area contributed by atoms with Crippen LogP contribution in [0.25, 0.3) is 5.65 Å². The van der Waals surface area contributed by atoms with E-state index in [1.807, 2.05) is 23.7 Å². The van der Waals surface area contributed by atoms with Gasteiger partial charge in [-0.2, -0.15) is 0 Å². The van der Waals surface area contributed by atoms with Gasteiger partial charge in [0.15, 0.2) is 11.5 Å². The normalized spacial score (nSPS) is 22.9. The molecule has 0 radical (unpaired) electrons. The number of anilines is 2. The van der Waals surface area contributed by atoms with Crippen LogP contribution in [0.1, 0.15) is 32.6 Å². The molecule has 1 saturated carbocycles. The van der Waals surface area contributed by atoms with E-state index in [-0.39, 0.29) is 12.1 Å². The Morgan fingerprint density at radius 3 is 3.05 bits per heavy atom. The van der Waals surface area contributed by atoms with Crippen molar-refractivity contribution in [3.05, 3.63) is 18.6 Å². The molecule has 6 nitrogen and oxygen atoms in total. The molecule has 0 bridgehead atoms. The molecule has 6 heteroatoms. The van der Waals surface area contributed by atoms with Crippen LogP contribution in [0.3, 0.4) is 0 Å². The molecule has 2 aromatic rings. The van der Waals surface area contributed by atoms with Crippen molar-refractivity contribution in [3.8, 4) is 0 Å². The van der Waals surface area contributed by atoms with Gasteiger partial charge >= 0.3 is 0 Å². The van der Waals surface area contributed by atoms with E-state index < -0.39 is 0 Å². The fourth-order valence-electron chi connectivity index (χ4n) is 2.75. The van der Waals surface area contributed by atoms with E-state index in [4.69, 9.17) is 0 Å². The molecule has 0 aliphatic heterocycles. The Hall–Kier alpha value is -1.82. The number of rotatable bonds is 4. The second-order valence-corrected chi connectivity index (χ2v) is 5.27. The standard InChI is InChI=1S/C14H21N5O/c1-2-15-12-9-19-8-7-16-14(19)13(18-12)17-10-5-3-4-6-11(10)20/h7-11,15,20H,2-6H2,1H3,(H,17,18). The van der Waals surface area contributed by atoms with Crippen molar-refractivity contribution in [2.45, 2.75) is 44.8 Å². The molecule has 2 aromatic heterocycles. The molecule has 20 heavy (non-hydrogen) atoms. The lowest BCUT2D eigenvalue weighted by atomic mass is 9.93. The van der Waals surface area contributed by atoms with Gasteiger partial charge in [0.05, 0.1) is 18.3 Å². The van der Waals surface area contributed by atoms with Gasteiger partial charge in [-0.25, -0.2) is 9.97 Å². The first-order valence-corrected chi connectivity index (χ1v) is 7.30. The van der Waals surface area contributed by atoms with Crippen LogP contribution < -0.4 is 10.6 Å². The highest BCUT2D eigenvalue weighted by molar-refractivity contribution is 5.65. The van der Waals surface area contributed by atoms with E-state index in [0.29, 0.717) is 0 Å². The van der Waals surface area contributed by atoms with Crippen molar-refractivity contribution < 1.29 is 5.11 Å². The van der Waals surface area contributed by atoms with Crippen molar-refractivity contribution in [3.63, 3.8) is 0 Å². The summed E-state index contributed by atoms with van der Waals surface area (Å²) in [6, 6.07) is 0.0635. The zero-order valence-electron chi connectivity index (χ0n) is 11.7. The van der Waals surface area contributed by atoms with Crippen LogP contribution in [0.5, 0.6) is 0 Å². The van der Waals surface area contributed by atoms with Gasteiger partial charge in [-0.3, -0.25) is 0 Å². The number of aliphatic hydroxyl groups is 1. The SMILES string of the molecule is CCNc1cn2ccnc2c(NC2CCCCC2O)n1. The van der Waals surface area contributed by atoms with Crippen LogP contribution in [0.2, 0.25) is 0 Å². The van der Waals surface area contributed by atoms with Crippen LogP contribution in [-0.2, 0) is 0 Å². The van der Waals surface area contributed by atoms with Gasteiger partial charge in [-0.15, -0.1) is 0 Å². The lowest BCUT2D eigenvalue weighted by molar-refractivity contribution is 0.116. The summed E-state index contributed by atoms with van der Waals surface area (Å²) in [5.74, 6) is 1.55. The van der Waals surface area contributed by atoms with Crippen LogP contribution in [-0.4, -0.2) is 38.2 Å². The lowest BCUT2D eigenvalue weighted by Gasteiger charge is -2.28. The predicted octanol–water partition coefficient (Wildman–Crippen LogP) is 1.88. The largest absolute Gasteiger partial charge is 0.391 e. The topological polar surface area (TPSA) is 74.5 Å². The quantitative estimate of drug-likeness (QED) is 0.794. The second kappa shape index (κ2) is 5.66. The molecule has 1 aliphatic rings. The highest BCUT2D eigenvalue weighted by Gasteiger charge is 2.24. The fraction of sp³-hybridized carbons (Fsp3) is 0.571. The third kappa shape index (κ3) is 2.56. The zero-order chi connectivity index (χ0) is 13.9. The van der Waals surface area contributed by atoms with Crippen LogP contribution >= 0.6 is 0 Å². The van der Waals surface area contributed by atoms with Gasteiger partial charge in [-0.1, -0.05) is 12.8 Å². The Labute approximate surface area is 118 Å². The Morgan fingerprint density at radius 1 is 1.40 bits per heavy atom. The van der Waals surface area contributed by atoms with Crippen molar-refractivity contribution in [1.29, 1.82) is 0 Å². The molecule has 2 heterocycles. The van der Waals surface area contributed by atoms with Gasteiger partial charge in [0.2, 0.25) is 0 Å². The third-order valence-corrected chi connectivity index (χ3v) is 3.78. The number of aromatic nitrogens is 3. The first-order chi connectivity index (χ1) is 9.78. The molecule has 1 aliphatic carbocycles. The van der Waals surface area contributed by atoms with Gasteiger partial charge in [0.1, 0.15) is 5.82 Å². The number of hydrogen-bond donors (Lipinski definition) is 3. The number of imidazole rings is 1. The summed E-state index contributed by atoms with van der Waals surface area (Å²) in [5.41, 5.74) is 0.796. The Morgan fingerprint density at radius 2 is 2.25 bits per heavy atom. The summed E-state index contributed by atoms with van der Waals surface area (Å²) in [6.07, 6.45) is 9.36. The highest BCUT2D eigenvalue weighted by Crippen LogP contribution is 2.24. The van der Waals surface area contributed by atoms with E-state index in [9.17, 15) is 5.11 Å². The van der Waals surface area contributed by atoms with E-state index >= 15 is 0 Å². The Kier molecular flexibility index (Phi) is 3.73. The van der Waals surface area contributed by atoms with Gasteiger partial charge in [0.25, 0.3) is 0 Å². The molecular weight excluding hydrogens is 254 g/mol. The van der Waals surface area contributed by atoms with Crippen molar-refractivity contribution in [2.75, 3.05) is 17.2 Å². The summed E-state index contributed by atoms with van der Waals surface area (Å²) < 4.78 is 1.95. The summed E-state index contributed by atoms with van der Waals surface area (Å²) in [5, 5.41) is 16.7. The van der Waals surface area contributed by atoms with Crippen LogP contribution in [0.15, 0.2) is 18.6 Å². The maximum Gasteiger partial charge on any atom is 0.180 e. The van der Waals surface area contributed by atoms with E-state index in [2.05, 4.69) is 20.6 Å². The summed E-state index contributed by atoms with van der Waals surface area (Å²) in [4.78, 5) is 8.91. The minimum Gasteiger partial charge on any atom is -0.391 e.